The Kier molecular flexibility index (Phi) is 5.35. The van der Waals surface area contributed by atoms with Crippen molar-refractivity contribution in [1.82, 2.24) is 9.55 Å². The normalized spacial score (nSPS) is 11.1. The number of carbonyl (C=O) groups is 1. The van der Waals surface area contributed by atoms with E-state index in [1.54, 1.807) is 22.7 Å². The van der Waals surface area contributed by atoms with Crippen molar-refractivity contribution in [2.45, 2.75) is 19.9 Å². The first-order valence-corrected chi connectivity index (χ1v) is 10.9. The summed E-state index contributed by atoms with van der Waals surface area (Å²) in [7, 11) is 0. The molecule has 7 heteroatoms. The van der Waals surface area contributed by atoms with Crippen LogP contribution in [0.4, 0.5) is 0 Å². The van der Waals surface area contributed by atoms with Crippen LogP contribution < -0.4 is 5.73 Å². The number of benzene rings is 1. The second-order valence-electron chi connectivity index (χ2n) is 6.42. The molecule has 0 radical (unpaired) electrons. The molecule has 0 spiro atoms. The van der Waals surface area contributed by atoms with Gasteiger partial charge in [-0.15, -0.1) is 22.7 Å². The van der Waals surface area contributed by atoms with Gasteiger partial charge in [0.25, 0.3) is 5.91 Å². The van der Waals surface area contributed by atoms with E-state index in [2.05, 4.69) is 22.1 Å². The van der Waals surface area contributed by atoms with Gasteiger partial charge in [0.05, 0.1) is 17.0 Å². The summed E-state index contributed by atoms with van der Waals surface area (Å²) in [6, 6.07) is 13.7. The van der Waals surface area contributed by atoms with Crippen LogP contribution in [0.2, 0.25) is 5.02 Å². The van der Waals surface area contributed by atoms with Crippen LogP contribution in [-0.4, -0.2) is 15.5 Å². The Balaban J connectivity index is 1.72. The monoisotopic (exact) mass is 427 g/mol. The molecule has 1 aromatic carbocycles. The van der Waals surface area contributed by atoms with Gasteiger partial charge in [0, 0.05) is 33.1 Å². The van der Waals surface area contributed by atoms with Crippen molar-refractivity contribution < 1.29 is 4.79 Å². The standard InChI is InChI=1S/C21H18ClN3OS2/c1-13-17(20(23)26)11-19(25(13)8-7-16-6-3-9-27-16)18-12-28-21(24-18)14-4-2-5-15(22)10-14/h2-6,9-12H,7-8H2,1H3,(H2,23,26). The van der Waals surface area contributed by atoms with Crippen LogP contribution in [0.5, 0.6) is 0 Å². The molecule has 1 amide bonds. The van der Waals surface area contributed by atoms with Crippen molar-refractivity contribution in [3.63, 3.8) is 0 Å². The van der Waals surface area contributed by atoms with Crippen LogP contribution in [0.25, 0.3) is 22.0 Å². The predicted molar refractivity (Wildman–Crippen MR) is 117 cm³/mol. The summed E-state index contributed by atoms with van der Waals surface area (Å²) < 4.78 is 2.14. The Morgan fingerprint density at radius 1 is 1.21 bits per heavy atom. The first-order valence-electron chi connectivity index (χ1n) is 8.77. The lowest BCUT2D eigenvalue weighted by Gasteiger charge is -2.10. The topological polar surface area (TPSA) is 60.9 Å². The van der Waals surface area contributed by atoms with Crippen LogP contribution in [0.3, 0.4) is 0 Å². The number of aryl methyl sites for hydroxylation is 1. The summed E-state index contributed by atoms with van der Waals surface area (Å²) in [5, 5.41) is 5.66. The lowest BCUT2D eigenvalue weighted by molar-refractivity contribution is 0.0999. The summed E-state index contributed by atoms with van der Waals surface area (Å²) in [6.07, 6.45) is 0.893. The molecular weight excluding hydrogens is 410 g/mol. The van der Waals surface area contributed by atoms with Gasteiger partial charge in [-0.3, -0.25) is 4.79 Å². The van der Waals surface area contributed by atoms with Gasteiger partial charge in [0.15, 0.2) is 0 Å². The van der Waals surface area contributed by atoms with Crippen LogP contribution in [-0.2, 0) is 13.0 Å². The molecule has 142 valence electrons. The lowest BCUT2D eigenvalue weighted by Crippen LogP contribution is -2.13. The molecule has 0 aliphatic carbocycles. The Labute approximate surface area is 176 Å². The number of nitrogens with zero attached hydrogens (tertiary/aromatic N) is 2. The maximum absolute atomic E-state index is 11.9. The van der Waals surface area contributed by atoms with Gasteiger partial charge < -0.3 is 10.3 Å². The summed E-state index contributed by atoms with van der Waals surface area (Å²) in [6.45, 7) is 2.70. The van der Waals surface area contributed by atoms with E-state index in [0.717, 1.165) is 40.6 Å². The molecule has 4 aromatic rings. The fourth-order valence-electron chi connectivity index (χ4n) is 3.22. The SMILES string of the molecule is Cc1c(C(N)=O)cc(-c2csc(-c3cccc(Cl)c3)n2)n1CCc1cccs1. The highest BCUT2D eigenvalue weighted by Gasteiger charge is 2.19. The quantitative estimate of drug-likeness (QED) is 0.432. The van der Waals surface area contributed by atoms with Crippen molar-refractivity contribution >= 4 is 40.2 Å². The number of hydrogen-bond acceptors (Lipinski definition) is 4. The maximum Gasteiger partial charge on any atom is 0.250 e. The van der Waals surface area contributed by atoms with Crippen LogP contribution in [0.15, 0.2) is 53.2 Å². The number of thiophene rings is 1. The van der Waals surface area contributed by atoms with E-state index in [1.807, 2.05) is 42.6 Å². The number of halogens is 1. The van der Waals surface area contributed by atoms with Gasteiger partial charge >= 0.3 is 0 Å². The van der Waals surface area contributed by atoms with Gasteiger partial charge in [-0.25, -0.2) is 4.98 Å². The Bertz CT molecular complexity index is 1130. The third-order valence-electron chi connectivity index (χ3n) is 4.63. The number of amides is 1. The fourth-order valence-corrected chi connectivity index (χ4v) is 4.92. The van der Waals surface area contributed by atoms with Gasteiger partial charge in [-0.2, -0.15) is 0 Å². The average molecular weight is 428 g/mol. The van der Waals surface area contributed by atoms with E-state index in [9.17, 15) is 4.79 Å². The van der Waals surface area contributed by atoms with Crippen LogP contribution in [0.1, 0.15) is 20.9 Å². The minimum Gasteiger partial charge on any atom is -0.366 e. The maximum atomic E-state index is 11.9. The summed E-state index contributed by atoms with van der Waals surface area (Å²) in [5.74, 6) is -0.418. The Hall–Kier alpha value is -2.41. The predicted octanol–water partition coefficient (Wildman–Crippen LogP) is 5.64. The first kappa shape index (κ1) is 18.9. The fraction of sp³-hybridized carbons (Fsp3) is 0.143. The minimum absolute atomic E-state index is 0.418. The molecule has 0 fully saturated rings. The molecule has 4 rings (SSSR count). The highest BCUT2D eigenvalue weighted by Crippen LogP contribution is 2.32. The molecule has 2 N–H and O–H groups in total. The van der Waals surface area contributed by atoms with Gasteiger partial charge in [-0.05, 0) is 43.0 Å². The molecule has 4 nitrogen and oxygen atoms in total. The number of primary amides is 1. The second-order valence-corrected chi connectivity index (χ2v) is 8.75. The van der Waals surface area contributed by atoms with Crippen molar-refractivity contribution in [3.8, 4) is 22.0 Å². The molecule has 3 aromatic heterocycles. The third-order valence-corrected chi connectivity index (χ3v) is 6.69. The highest BCUT2D eigenvalue weighted by molar-refractivity contribution is 7.13. The molecular formula is C21H18ClN3OS2. The average Bonchev–Trinajstić information content (AvgIpc) is 3.40. The molecule has 0 saturated heterocycles. The molecule has 0 bridgehead atoms. The summed E-state index contributed by atoms with van der Waals surface area (Å²) >= 11 is 9.41. The van der Waals surface area contributed by atoms with E-state index < -0.39 is 5.91 Å². The largest absolute Gasteiger partial charge is 0.366 e. The third kappa shape index (κ3) is 3.76. The molecule has 0 atom stereocenters. The van der Waals surface area contributed by atoms with Crippen LogP contribution >= 0.6 is 34.3 Å². The van der Waals surface area contributed by atoms with Crippen molar-refractivity contribution in [3.05, 3.63) is 74.4 Å². The zero-order valence-electron chi connectivity index (χ0n) is 15.2. The first-order chi connectivity index (χ1) is 13.5. The number of aromatic nitrogens is 2. The smallest absolute Gasteiger partial charge is 0.250 e. The number of carbonyl (C=O) groups excluding carboxylic acids is 1. The Morgan fingerprint density at radius 2 is 2.07 bits per heavy atom. The summed E-state index contributed by atoms with van der Waals surface area (Å²) in [4.78, 5) is 18.0. The van der Waals surface area contributed by atoms with E-state index in [4.69, 9.17) is 22.3 Å². The Morgan fingerprint density at radius 3 is 2.79 bits per heavy atom. The lowest BCUT2D eigenvalue weighted by atomic mass is 10.2. The summed E-state index contributed by atoms with van der Waals surface area (Å²) in [5.41, 5.74) is 9.73. The number of rotatable bonds is 6. The van der Waals surface area contributed by atoms with Gasteiger partial charge in [0.1, 0.15) is 5.01 Å². The molecule has 28 heavy (non-hydrogen) atoms. The minimum atomic E-state index is -0.418. The number of hydrogen-bond donors (Lipinski definition) is 1. The van der Waals surface area contributed by atoms with Crippen molar-refractivity contribution in [1.29, 1.82) is 0 Å². The van der Waals surface area contributed by atoms with Crippen LogP contribution in [0, 0.1) is 6.92 Å². The molecule has 0 aliphatic rings. The molecule has 3 heterocycles. The van der Waals surface area contributed by atoms with E-state index in [-0.39, 0.29) is 0 Å². The molecule has 0 saturated carbocycles. The molecule has 0 aliphatic heterocycles. The zero-order chi connectivity index (χ0) is 19.7. The molecule has 0 unspecified atom stereocenters. The van der Waals surface area contributed by atoms with E-state index in [1.165, 1.54) is 4.88 Å². The van der Waals surface area contributed by atoms with E-state index >= 15 is 0 Å². The van der Waals surface area contributed by atoms with E-state index in [0.29, 0.717) is 10.6 Å². The zero-order valence-corrected chi connectivity index (χ0v) is 17.6. The van der Waals surface area contributed by atoms with Gasteiger partial charge in [0.2, 0.25) is 0 Å². The number of nitrogens with two attached hydrogens (primary N) is 1. The van der Waals surface area contributed by atoms with Gasteiger partial charge in [-0.1, -0.05) is 29.8 Å². The van der Waals surface area contributed by atoms with Crippen molar-refractivity contribution in [2.75, 3.05) is 0 Å². The highest BCUT2D eigenvalue weighted by atomic mass is 35.5. The number of thiazole rings is 1. The van der Waals surface area contributed by atoms with Crippen molar-refractivity contribution in [2.24, 2.45) is 5.73 Å². The second kappa shape index (κ2) is 7.91.